The van der Waals surface area contributed by atoms with Crippen molar-refractivity contribution >= 4 is 17.7 Å². The zero-order chi connectivity index (χ0) is 13.7. The number of carbonyl (C=O) groups is 1. The van der Waals surface area contributed by atoms with Crippen molar-refractivity contribution < 1.29 is 14.4 Å². The molecule has 0 aliphatic rings. The first-order valence-corrected chi connectivity index (χ1v) is 7.20. The molecule has 1 N–H and O–H groups in total. The van der Waals surface area contributed by atoms with E-state index in [0.29, 0.717) is 23.4 Å². The molecule has 0 radical (unpaired) electrons. The molecule has 5 nitrogen and oxygen atoms in total. The highest BCUT2D eigenvalue weighted by Crippen LogP contribution is 2.23. The summed E-state index contributed by atoms with van der Waals surface area (Å²) < 4.78 is 5.12. The summed E-state index contributed by atoms with van der Waals surface area (Å²) in [5.74, 6) is 1.79. The van der Waals surface area contributed by atoms with Gasteiger partial charge >= 0.3 is 5.97 Å². The van der Waals surface area contributed by atoms with E-state index in [1.54, 1.807) is 25.6 Å². The van der Waals surface area contributed by atoms with E-state index in [2.05, 4.69) is 24.0 Å². The fourth-order valence-electron chi connectivity index (χ4n) is 1.32. The van der Waals surface area contributed by atoms with Crippen molar-refractivity contribution in [2.75, 3.05) is 5.75 Å². The zero-order valence-electron chi connectivity index (χ0n) is 11.2. The Bertz CT molecular complexity index is 392. The molecule has 1 aromatic rings. The molecular weight excluding hydrogens is 252 g/mol. The quantitative estimate of drug-likeness (QED) is 0.822. The van der Waals surface area contributed by atoms with E-state index in [4.69, 9.17) is 9.63 Å². The normalized spacial score (nSPS) is 14.7. The molecule has 0 aliphatic heterocycles. The van der Waals surface area contributed by atoms with Crippen LogP contribution in [0.15, 0.2) is 4.52 Å². The van der Waals surface area contributed by atoms with Crippen molar-refractivity contribution in [1.29, 1.82) is 0 Å². The topological polar surface area (TPSA) is 76.2 Å². The Hall–Kier alpha value is -1.04. The molecule has 0 aliphatic carbocycles. The summed E-state index contributed by atoms with van der Waals surface area (Å²) in [6.07, 6.45) is 0. The van der Waals surface area contributed by atoms with Crippen molar-refractivity contribution in [1.82, 2.24) is 10.1 Å². The number of thioether (sulfide) groups is 1. The number of rotatable bonds is 7. The van der Waals surface area contributed by atoms with Crippen LogP contribution in [0.2, 0.25) is 0 Å². The monoisotopic (exact) mass is 272 g/mol. The van der Waals surface area contributed by atoms with Crippen LogP contribution in [-0.4, -0.2) is 27.0 Å². The second-order valence-electron chi connectivity index (χ2n) is 4.87. The van der Waals surface area contributed by atoms with E-state index >= 15 is 0 Å². The maximum absolute atomic E-state index is 10.9. The minimum atomic E-state index is -0.851. The molecule has 0 saturated heterocycles. The molecule has 0 aromatic carbocycles. The van der Waals surface area contributed by atoms with Crippen LogP contribution in [-0.2, 0) is 10.5 Å². The second-order valence-corrected chi connectivity index (χ2v) is 5.90. The maximum Gasteiger partial charge on any atom is 0.307 e. The van der Waals surface area contributed by atoms with Crippen molar-refractivity contribution in [3.05, 3.63) is 11.7 Å². The van der Waals surface area contributed by atoms with Crippen LogP contribution in [0.1, 0.15) is 45.3 Å². The van der Waals surface area contributed by atoms with Crippen LogP contribution < -0.4 is 0 Å². The average molecular weight is 272 g/mol. The second kappa shape index (κ2) is 6.78. The molecule has 1 heterocycles. The molecule has 18 heavy (non-hydrogen) atoms. The predicted octanol–water partition coefficient (Wildman–Crippen LogP) is 2.78. The molecule has 0 bridgehead atoms. The minimum absolute atomic E-state index is 0.265. The largest absolute Gasteiger partial charge is 0.481 e. The Balaban J connectivity index is 2.54. The van der Waals surface area contributed by atoms with E-state index in [1.165, 1.54) is 0 Å². The van der Waals surface area contributed by atoms with Crippen molar-refractivity contribution in [2.24, 2.45) is 11.8 Å². The van der Waals surface area contributed by atoms with Gasteiger partial charge in [0.2, 0.25) is 5.89 Å². The molecule has 0 amide bonds. The van der Waals surface area contributed by atoms with Crippen LogP contribution in [0.5, 0.6) is 0 Å². The summed E-state index contributed by atoms with van der Waals surface area (Å²) in [5.41, 5.74) is 0. The average Bonchev–Trinajstić information content (AvgIpc) is 2.75. The van der Waals surface area contributed by atoms with Gasteiger partial charge in [0.25, 0.3) is 0 Å². The third-order valence-corrected chi connectivity index (χ3v) is 4.06. The number of aliphatic carboxylic acids is 1. The van der Waals surface area contributed by atoms with Gasteiger partial charge in [-0.15, -0.1) is 0 Å². The molecule has 6 heteroatoms. The van der Waals surface area contributed by atoms with Gasteiger partial charge in [-0.25, -0.2) is 0 Å². The lowest BCUT2D eigenvalue weighted by Gasteiger charge is -2.10. The van der Waals surface area contributed by atoms with Crippen LogP contribution >= 0.6 is 11.8 Å². The van der Waals surface area contributed by atoms with Gasteiger partial charge in [0, 0.05) is 5.92 Å². The lowest BCUT2D eigenvalue weighted by atomic mass is 9.96. The van der Waals surface area contributed by atoms with Crippen LogP contribution in [0.4, 0.5) is 0 Å². The van der Waals surface area contributed by atoms with Crippen LogP contribution in [0.3, 0.4) is 0 Å². The van der Waals surface area contributed by atoms with Crippen molar-refractivity contribution in [2.45, 2.75) is 39.4 Å². The zero-order valence-corrected chi connectivity index (χ0v) is 12.0. The Morgan fingerprint density at radius 3 is 2.61 bits per heavy atom. The Kier molecular flexibility index (Phi) is 5.65. The highest BCUT2D eigenvalue weighted by Gasteiger charge is 2.25. The lowest BCUT2D eigenvalue weighted by Crippen LogP contribution is -2.16. The summed E-state index contributed by atoms with van der Waals surface area (Å²) in [4.78, 5) is 15.1. The summed E-state index contributed by atoms with van der Waals surface area (Å²) >= 11 is 1.75. The predicted molar refractivity (Wildman–Crippen MR) is 70.5 cm³/mol. The third-order valence-electron chi connectivity index (χ3n) is 2.70. The molecule has 2 unspecified atom stereocenters. The molecular formula is C12H20N2O3S. The number of aromatic nitrogens is 2. The summed E-state index contributed by atoms with van der Waals surface area (Å²) in [6.45, 7) is 7.75. The van der Waals surface area contributed by atoms with E-state index < -0.39 is 11.9 Å². The fraction of sp³-hybridized carbons (Fsp3) is 0.750. The van der Waals surface area contributed by atoms with Gasteiger partial charge in [0.05, 0.1) is 11.7 Å². The molecule has 0 spiro atoms. The summed E-state index contributed by atoms with van der Waals surface area (Å²) in [6, 6.07) is 0. The highest BCUT2D eigenvalue weighted by atomic mass is 32.2. The van der Waals surface area contributed by atoms with Gasteiger partial charge in [-0.2, -0.15) is 16.7 Å². The molecule has 1 rings (SSSR count). The number of hydrogen-bond donors (Lipinski definition) is 1. The van der Waals surface area contributed by atoms with Gasteiger partial charge in [0.15, 0.2) is 5.82 Å². The smallest absolute Gasteiger partial charge is 0.307 e. The Labute approximate surface area is 111 Å². The van der Waals surface area contributed by atoms with E-state index in [1.807, 2.05) is 0 Å². The third kappa shape index (κ3) is 4.33. The Morgan fingerprint density at radius 2 is 2.06 bits per heavy atom. The number of nitrogens with zero attached hydrogens (tertiary/aromatic N) is 2. The first kappa shape index (κ1) is 15.0. The number of hydrogen-bond acceptors (Lipinski definition) is 5. The van der Waals surface area contributed by atoms with E-state index in [-0.39, 0.29) is 5.92 Å². The van der Waals surface area contributed by atoms with Gasteiger partial charge in [-0.05, 0) is 11.7 Å². The molecule has 0 fully saturated rings. The van der Waals surface area contributed by atoms with E-state index in [9.17, 15) is 4.79 Å². The number of carboxylic acids is 1. The minimum Gasteiger partial charge on any atom is -0.481 e. The summed E-state index contributed by atoms with van der Waals surface area (Å²) in [5, 5.41) is 12.8. The SMILES string of the molecule is CC(C)CSCc1noc(C(C)C(C)C(=O)O)n1. The van der Waals surface area contributed by atoms with Crippen LogP contribution in [0, 0.1) is 11.8 Å². The van der Waals surface area contributed by atoms with Crippen molar-refractivity contribution in [3.63, 3.8) is 0 Å². The lowest BCUT2D eigenvalue weighted by molar-refractivity contribution is -0.141. The van der Waals surface area contributed by atoms with Gasteiger partial charge < -0.3 is 9.63 Å². The first-order valence-electron chi connectivity index (χ1n) is 6.04. The first-order chi connectivity index (χ1) is 8.41. The van der Waals surface area contributed by atoms with Crippen LogP contribution in [0.25, 0.3) is 0 Å². The van der Waals surface area contributed by atoms with E-state index in [0.717, 1.165) is 5.75 Å². The van der Waals surface area contributed by atoms with Gasteiger partial charge in [0.1, 0.15) is 0 Å². The highest BCUT2D eigenvalue weighted by molar-refractivity contribution is 7.98. The van der Waals surface area contributed by atoms with Crippen molar-refractivity contribution in [3.8, 4) is 0 Å². The molecule has 0 saturated carbocycles. The maximum atomic E-state index is 10.9. The molecule has 1 aromatic heterocycles. The van der Waals surface area contributed by atoms with Gasteiger partial charge in [-0.3, -0.25) is 4.79 Å². The standard InChI is InChI=1S/C12H20N2O3S/c1-7(2)5-18-6-10-13-11(17-14-10)8(3)9(4)12(15)16/h7-9H,5-6H2,1-4H3,(H,15,16). The molecule has 2 atom stereocenters. The Morgan fingerprint density at radius 1 is 1.39 bits per heavy atom. The number of carboxylic acid groups (broad SMARTS) is 1. The summed E-state index contributed by atoms with van der Waals surface area (Å²) in [7, 11) is 0. The fourth-order valence-corrected chi connectivity index (χ4v) is 2.21. The van der Waals surface area contributed by atoms with Gasteiger partial charge in [-0.1, -0.05) is 32.9 Å². The molecule has 102 valence electrons.